The zero-order valence-corrected chi connectivity index (χ0v) is 18.2. The van der Waals surface area contributed by atoms with E-state index in [9.17, 15) is 23.2 Å². The van der Waals surface area contributed by atoms with Crippen molar-refractivity contribution in [2.24, 2.45) is 5.92 Å². The number of hydrogen-bond acceptors (Lipinski definition) is 4. The van der Waals surface area contributed by atoms with Gasteiger partial charge in [-0.1, -0.05) is 39.5 Å². The molecule has 0 bridgehead atoms. The van der Waals surface area contributed by atoms with Crippen LogP contribution in [0.15, 0.2) is 0 Å². The van der Waals surface area contributed by atoms with Crippen molar-refractivity contribution in [3.63, 3.8) is 0 Å². The highest BCUT2D eigenvalue weighted by molar-refractivity contribution is 5.81. The molecule has 0 aliphatic heterocycles. The molecule has 166 valence electrons. The van der Waals surface area contributed by atoms with Crippen LogP contribution in [0, 0.1) is 5.92 Å². The number of esters is 1. The van der Waals surface area contributed by atoms with Gasteiger partial charge in [-0.2, -0.15) is 0 Å². The second-order valence-corrected chi connectivity index (χ2v) is 7.31. The van der Waals surface area contributed by atoms with E-state index in [1.54, 1.807) is 6.92 Å². The third-order valence-electron chi connectivity index (χ3n) is 4.49. The second kappa shape index (κ2) is 20.4. The van der Waals surface area contributed by atoms with Crippen LogP contribution in [0.5, 0.6) is 0 Å². The molecule has 1 unspecified atom stereocenters. The van der Waals surface area contributed by atoms with Crippen molar-refractivity contribution < 1.29 is 27.9 Å². The SMILES string of the molecule is CC(=O)CCC1CCC(=O)C1.CCCCC(F)F.CCCCCCC(=O)OC. The first-order chi connectivity index (χ1) is 13.3. The Morgan fingerprint density at radius 2 is 1.71 bits per heavy atom. The van der Waals surface area contributed by atoms with Gasteiger partial charge in [-0.05, 0) is 38.5 Å². The summed E-state index contributed by atoms with van der Waals surface area (Å²) in [4.78, 5) is 32.0. The smallest absolute Gasteiger partial charge is 0.305 e. The van der Waals surface area contributed by atoms with Crippen LogP contribution in [-0.4, -0.2) is 31.1 Å². The number of halogens is 2. The minimum absolute atomic E-state index is 0.0660. The average molecular weight is 407 g/mol. The zero-order valence-electron chi connectivity index (χ0n) is 18.2. The number of Topliss-reactive ketones (excluding diaryl/α,β-unsaturated/α-hetero) is 2. The van der Waals surface area contributed by atoms with Crippen LogP contribution < -0.4 is 0 Å². The van der Waals surface area contributed by atoms with Crippen molar-refractivity contribution in [1.82, 2.24) is 0 Å². The summed E-state index contributed by atoms with van der Waals surface area (Å²) in [6.07, 6.45) is 8.64. The Balaban J connectivity index is 0. The van der Waals surface area contributed by atoms with Gasteiger partial charge in [-0.25, -0.2) is 8.78 Å². The molecular formula is C22H40F2O4. The summed E-state index contributed by atoms with van der Waals surface area (Å²) >= 11 is 0. The minimum atomic E-state index is -2.10. The second-order valence-electron chi connectivity index (χ2n) is 7.31. The third-order valence-corrected chi connectivity index (χ3v) is 4.49. The van der Waals surface area contributed by atoms with Gasteiger partial charge >= 0.3 is 5.97 Å². The summed E-state index contributed by atoms with van der Waals surface area (Å²) < 4.78 is 26.9. The molecule has 1 rings (SSSR count). The molecule has 1 aliphatic carbocycles. The first-order valence-corrected chi connectivity index (χ1v) is 10.6. The molecule has 1 saturated carbocycles. The topological polar surface area (TPSA) is 60.4 Å². The van der Waals surface area contributed by atoms with Gasteiger partial charge in [-0.15, -0.1) is 0 Å². The van der Waals surface area contributed by atoms with E-state index in [0.29, 0.717) is 37.4 Å². The number of alkyl halides is 2. The largest absolute Gasteiger partial charge is 0.469 e. The predicted molar refractivity (Wildman–Crippen MR) is 109 cm³/mol. The van der Waals surface area contributed by atoms with Gasteiger partial charge in [0.1, 0.15) is 11.6 Å². The van der Waals surface area contributed by atoms with Crippen LogP contribution >= 0.6 is 0 Å². The lowest BCUT2D eigenvalue weighted by Crippen LogP contribution is -1.99. The maximum Gasteiger partial charge on any atom is 0.305 e. The van der Waals surface area contributed by atoms with Crippen LogP contribution in [0.1, 0.15) is 104 Å². The lowest BCUT2D eigenvalue weighted by atomic mass is 10.0. The number of ether oxygens (including phenoxy) is 1. The van der Waals surface area contributed by atoms with Crippen molar-refractivity contribution in [3.8, 4) is 0 Å². The average Bonchev–Trinajstić information content (AvgIpc) is 3.08. The highest BCUT2D eigenvalue weighted by Gasteiger charge is 2.21. The van der Waals surface area contributed by atoms with Crippen molar-refractivity contribution in [2.45, 2.75) is 111 Å². The molecule has 1 fully saturated rings. The predicted octanol–water partition coefficient (Wildman–Crippen LogP) is 6.30. The standard InChI is InChI=1S/C9H14O2.C8H16O2.C5H10F2/c1-7(10)2-3-8-4-5-9(11)6-8;1-3-4-5-6-7-8(9)10-2;1-2-3-4-5(6)7/h8H,2-6H2,1H3;3-7H2,1-2H3;5H,2-4H2,1H3. The van der Waals surface area contributed by atoms with E-state index < -0.39 is 6.43 Å². The molecule has 0 spiro atoms. The zero-order chi connectivity index (χ0) is 21.8. The minimum Gasteiger partial charge on any atom is -0.469 e. The Labute approximate surface area is 169 Å². The molecule has 0 amide bonds. The molecule has 0 N–H and O–H groups in total. The van der Waals surface area contributed by atoms with Crippen LogP contribution in [0.4, 0.5) is 8.78 Å². The molecule has 0 saturated heterocycles. The van der Waals surface area contributed by atoms with Gasteiger partial charge in [0.05, 0.1) is 7.11 Å². The maximum atomic E-state index is 11.2. The number of ketones is 2. The van der Waals surface area contributed by atoms with Crippen LogP contribution in [0.3, 0.4) is 0 Å². The summed E-state index contributed by atoms with van der Waals surface area (Å²) in [5.41, 5.74) is 0. The van der Waals surface area contributed by atoms with Crippen LogP contribution in [0.25, 0.3) is 0 Å². The van der Waals surface area contributed by atoms with Gasteiger partial charge in [0, 0.05) is 32.1 Å². The van der Waals surface area contributed by atoms with E-state index in [1.165, 1.54) is 20.0 Å². The van der Waals surface area contributed by atoms with Gasteiger partial charge in [0.25, 0.3) is 0 Å². The molecule has 1 aliphatic rings. The summed E-state index contributed by atoms with van der Waals surface area (Å²) in [5, 5.41) is 0. The lowest BCUT2D eigenvalue weighted by Gasteiger charge is -2.03. The maximum absolute atomic E-state index is 11.2. The van der Waals surface area contributed by atoms with E-state index in [0.717, 1.165) is 38.5 Å². The third kappa shape index (κ3) is 22.7. The van der Waals surface area contributed by atoms with Crippen LogP contribution in [-0.2, 0) is 19.1 Å². The highest BCUT2D eigenvalue weighted by atomic mass is 19.3. The van der Waals surface area contributed by atoms with Gasteiger partial charge < -0.3 is 9.53 Å². The van der Waals surface area contributed by atoms with E-state index in [2.05, 4.69) is 11.7 Å². The van der Waals surface area contributed by atoms with E-state index in [4.69, 9.17) is 0 Å². The van der Waals surface area contributed by atoms with Crippen LogP contribution in [0.2, 0.25) is 0 Å². The Hall–Kier alpha value is -1.33. The monoisotopic (exact) mass is 406 g/mol. The molecule has 0 aromatic rings. The first-order valence-electron chi connectivity index (χ1n) is 10.6. The number of hydrogen-bond donors (Lipinski definition) is 0. The number of unbranched alkanes of at least 4 members (excludes halogenated alkanes) is 4. The lowest BCUT2D eigenvalue weighted by molar-refractivity contribution is -0.140. The van der Waals surface area contributed by atoms with E-state index in [-0.39, 0.29) is 18.2 Å². The molecule has 0 aromatic heterocycles. The molecule has 6 heteroatoms. The Morgan fingerprint density at radius 3 is 2.11 bits per heavy atom. The Morgan fingerprint density at radius 1 is 1.07 bits per heavy atom. The Bertz CT molecular complexity index is 411. The molecule has 0 aromatic carbocycles. The fourth-order valence-corrected chi connectivity index (χ4v) is 2.70. The molecule has 28 heavy (non-hydrogen) atoms. The quantitative estimate of drug-likeness (QED) is 0.298. The van der Waals surface area contributed by atoms with E-state index in [1.807, 2.05) is 6.92 Å². The van der Waals surface area contributed by atoms with Gasteiger partial charge in [0.2, 0.25) is 6.43 Å². The molecule has 0 radical (unpaired) electrons. The normalized spacial score (nSPS) is 15.4. The van der Waals surface area contributed by atoms with Crippen molar-refractivity contribution >= 4 is 17.5 Å². The number of carbonyl (C=O) groups is 3. The number of methoxy groups -OCH3 is 1. The molecule has 1 atom stereocenters. The number of rotatable bonds is 11. The van der Waals surface area contributed by atoms with Crippen molar-refractivity contribution in [3.05, 3.63) is 0 Å². The van der Waals surface area contributed by atoms with E-state index >= 15 is 0 Å². The van der Waals surface area contributed by atoms with Gasteiger partial charge in [0.15, 0.2) is 0 Å². The summed E-state index contributed by atoms with van der Waals surface area (Å²) in [6, 6.07) is 0. The summed E-state index contributed by atoms with van der Waals surface area (Å²) in [5.74, 6) is 1.03. The number of carbonyl (C=O) groups excluding carboxylic acids is 3. The summed E-state index contributed by atoms with van der Waals surface area (Å²) in [7, 11) is 1.43. The van der Waals surface area contributed by atoms with Crippen molar-refractivity contribution in [1.29, 1.82) is 0 Å². The molecule has 4 nitrogen and oxygen atoms in total. The Kier molecular flexibility index (Phi) is 21.0. The van der Waals surface area contributed by atoms with Gasteiger partial charge in [-0.3, -0.25) is 9.59 Å². The molecular weight excluding hydrogens is 366 g/mol. The van der Waals surface area contributed by atoms with Crippen molar-refractivity contribution in [2.75, 3.05) is 7.11 Å². The fourth-order valence-electron chi connectivity index (χ4n) is 2.70. The summed E-state index contributed by atoms with van der Waals surface area (Å²) in [6.45, 7) is 5.66. The first kappa shape index (κ1) is 28.9. The fraction of sp³-hybridized carbons (Fsp3) is 0.864. The molecule has 0 heterocycles. The highest BCUT2D eigenvalue weighted by Crippen LogP contribution is 2.25.